The lowest BCUT2D eigenvalue weighted by molar-refractivity contribution is -0.133. The summed E-state index contributed by atoms with van der Waals surface area (Å²) in [5.41, 5.74) is 0.982. The molecule has 1 aromatic rings. The second-order valence-corrected chi connectivity index (χ2v) is 2.76. The third kappa shape index (κ3) is 1.37. The summed E-state index contributed by atoms with van der Waals surface area (Å²) in [6.45, 7) is 0. The molecule has 1 aliphatic rings. The molecule has 0 spiro atoms. The summed E-state index contributed by atoms with van der Waals surface area (Å²) in [5, 5.41) is 6.61. The molecule has 0 fully saturated rings. The van der Waals surface area contributed by atoms with Crippen molar-refractivity contribution in [1.82, 2.24) is 0 Å². The molecule has 0 saturated heterocycles. The molecular formula is C10H6N2O2. The highest BCUT2D eigenvalue weighted by molar-refractivity contribution is 6.54. The van der Waals surface area contributed by atoms with E-state index >= 15 is 0 Å². The van der Waals surface area contributed by atoms with Gasteiger partial charge in [-0.3, -0.25) is 9.59 Å². The van der Waals surface area contributed by atoms with Gasteiger partial charge in [0.25, 0.3) is 5.78 Å². The average molecular weight is 186 g/mol. The van der Waals surface area contributed by atoms with Gasteiger partial charge >= 0.3 is 5.91 Å². The number of hydrogen-bond donors (Lipinski definition) is 0. The lowest BCUT2D eigenvalue weighted by atomic mass is 10.0. The highest BCUT2D eigenvalue weighted by Crippen LogP contribution is 2.18. The number of rotatable bonds is 1. The molecule has 0 radical (unpaired) electrons. The fourth-order valence-corrected chi connectivity index (χ4v) is 1.18. The summed E-state index contributed by atoms with van der Waals surface area (Å²) in [6.07, 6.45) is 1.30. The monoisotopic (exact) mass is 186 g/mol. The molecule has 0 unspecified atom stereocenters. The van der Waals surface area contributed by atoms with Crippen LogP contribution in [0.25, 0.3) is 5.57 Å². The zero-order valence-corrected chi connectivity index (χ0v) is 7.18. The van der Waals surface area contributed by atoms with Crippen molar-refractivity contribution in [3.63, 3.8) is 0 Å². The largest absolute Gasteiger partial charge is 0.336 e. The van der Waals surface area contributed by atoms with Gasteiger partial charge < -0.3 is 0 Å². The summed E-state index contributed by atoms with van der Waals surface area (Å²) in [5.74, 6) is -1.42. The molecule has 0 aliphatic carbocycles. The predicted molar refractivity (Wildman–Crippen MR) is 49.3 cm³/mol. The number of carbonyl (C=O) groups excluding carboxylic acids is 2. The highest BCUT2D eigenvalue weighted by Gasteiger charge is 2.22. The zero-order valence-electron chi connectivity index (χ0n) is 7.18. The van der Waals surface area contributed by atoms with Crippen molar-refractivity contribution in [1.29, 1.82) is 0 Å². The van der Waals surface area contributed by atoms with E-state index in [9.17, 15) is 9.59 Å². The molecule has 4 nitrogen and oxygen atoms in total. The number of azo groups is 1. The lowest BCUT2D eigenvalue weighted by Gasteiger charge is -2.04. The molecule has 0 atom stereocenters. The first-order chi connectivity index (χ1) is 6.79. The van der Waals surface area contributed by atoms with Crippen LogP contribution in [0.4, 0.5) is 0 Å². The van der Waals surface area contributed by atoms with Gasteiger partial charge in [0.1, 0.15) is 0 Å². The van der Waals surface area contributed by atoms with Gasteiger partial charge in [0.05, 0.1) is 11.8 Å². The molecule has 0 aromatic heterocycles. The maximum atomic E-state index is 11.4. The van der Waals surface area contributed by atoms with Crippen LogP contribution in [0.1, 0.15) is 5.56 Å². The number of carbonyl (C=O) groups is 2. The minimum Gasteiger partial charge on any atom is -0.283 e. The molecule has 14 heavy (non-hydrogen) atoms. The molecule has 1 aliphatic heterocycles. The van der Waals surface area contributed by atoms with E-state index in [2.05, 4.69) is 10.2 Å². The van der Waals surface area contributed by atoms with Gasteiger partial charge in [-0.1, -0.05) is 30.3 Å². The summed E-state index contributed by atoms with van der Waals surface area (Å²) in [4.78, 5) is 22.3. The maximum absolute atomic E-state index is 11.4. The van der Waals surface area contributed by atoms with Crippen LogP contribution in [0.5, 0.6) is 0 Å². The van der Waals surface area contributed by atoms with Crippen molar-refractivity contribution >= 4 is 17.3 Å². The van der Waals surface area contributed by atoms with E-state index in [1.807, 2.05) is 6.07 Å². The van der Waals surface area contributed by atoms with Gasteiger partial charge in [-0.2, -0.15) is 5.11 Å². The van der Waals surface area contributed by atoms with Crippen LogP contribution >= 0.6 is 0 Å². The standard InChI is InChI=1S/C10H6N2O2/c13-9-8(6-11-12-10(9)14)7-4-2-1-3-5-7/h1-6H. The third-order valence-corrected chi connectivity index (χ3v) is 1.86. The molecule has 0 bridgehead atoms. The lowest BCUT2D eigenvalue weighted by Crippen LogP contribution is -2.14. The Bertz CT molecular complexity index is 446. The van der Waals surface area contributed by atoms with Gasteiger partial charge in [-0.15, -0.1) is 5.11 Å². The molecule has 68 valence electrons. The van der Waals surface area contributed by atoms with Gasteiger partial charge in [0.15, 0.2) is 0 Å². The van der Waals surface area contributed by atoms with E-state index in [1.54, 1.807) is 24.3 Å². The van der Waals surface area contributed by atoms with Crippen LogP contribution in [0, 0.1) is 0 Å². The number of nitrogens with zero attached hydrogens (tertiary/aromatic N) is 2. The number of benzene rings is 1. The van der Waals surface area contributed by atoms with Gasteiger partial charge in [-0.05, 0) is 5.56 Å². The Kier molecular flexibility index (Phi) is 2.02. The van der Waals surface area contributed by atoms with Crippen LogP contribution in [0.3, 0.4) is 0 Å². The first-order valence-corrected chi connectivity index (χ1v) is 4.04. The van der Waals surface area contributed by atoms with E-state index in [0.29, 0.717) is 11.1 Å². The Morgan fingerprint density at radius 2 is 1.71 bits per heavy atom. The van der Waals surface area contributed by atoms with E-state index in [0.717, 1.165) is 0 Å². The summed E-state index contributed by atoms with van der Waals surface area (Å²) < 4.78 is 0. The topological polar surface area (TPSA) is 58.9 Å². The van der Waals surface area contributed by atoms with Crippen LogP contribution in [0.15, 0.2) is 46.8 Å². The summed E-state index contributed by atoms with van der Waals surface area (Å²) in [7, 11) is 0. The second kappa shape index (κ2) is 3.33. The third-order valence-electron chi connectivity index (χ3n) is 1.86. The first-order valence-electron chi connectivity index (χ1n) is 4.04. The normalized spacial score (nSPS) is 15.6. The minimum absolute atomic E-state index is 0.297. The van der Waals surface area contributed by atoms with E-state index < -0.39 is 11.7 Å². The highest BCUT2D eigenvalue weighted by atomic mass is 16.2. The zero-order chi connectivity index (χ0) is 9.97. The van der Waals surface area contributed by atoms with Gasteiger partial charge in [-0.25, -0.2) is 0 Å². The van der Waals surface area contributed by atoms with Crippen molar-refractivity contribution < 1.29 is 9.59 Å². The maximum Gasteiger partial charge on any atom is 0.336 e. The molecular weight excluding hydrogens is 180 g/mol. The molecule has 0 saturated carbocycles. The van der Waals surface area contributed by atoms with Crippen molar-refractivity contribution in [3.8, 4) is 0 Å². The van der Waals surface area contributed by atoms with Crippen molar-refractivity contribution in [2.24, 2.45) is 10.2 Å². The fourth-order valence-electron chi connectivity index (χ4n) is 1.18. The van der Waals surface area contributed by atoms with E-state index in [-0.39, 0.29) is 0 Å². The second-order valence-electron chi connectivity index (χ2n) is 2.76. The molecule has 2 rings (SSSR count). The summed E-state index contributed by atoms with van der Waals surface area (Å²) >= 11 is 0. The number of Topliss-reactive ketones (excluding diaryl/α,β-unsaturated/α-hetero) is 1. The van der Waals surface area contributed by atoms with Crippen LogP contribution < -0.4 is 0 Å². The van der Waals surface area contributed by atoms with Crippen LogP contribution in [-0.2, 0) is 9.59 Å². The smallest absolute Gasteiger partial charge is 0.283 e. The number of hydrogen-bond acceptors (Lipinski definition) is 3. The first kappa shape index (κ1) is 8.50. The fraction of sp³-hybridized carbons (Fsp3) is 0. The number of ketones is 1. The van der Waals surface area contributed by atoms with Gasteiger partial charge in [0, 0.05) is 0 Å². The van der Waals surface area contributed by atoms with E-state index in [1.165, 1.54) is 6.20 Å². The quantitative estimate of drug-likeness (QED) is 0.625. The van der Waals surface area contributed by atoms with Gasteiger partial charge in [0.2, 0.25) is 0 Å². The van der Waals surface area contributed by atoms with Crippen LogP contribution in [-0.4, -0.2) is 11.7 Å². The Labute approximate surface area is 80.0 Å². The molecule has 4 heteroatoms. The SMILES string of the molecule is O=C1N=NC=C(c2ccccc2)C1=O. The van der Waals surface area contributed by atoms with E-state index in [4.69, 9.17) is 0 Å². The van der Waals surface area contributed by atoms with Crippen LogP contribution in [0.2, 0.25) is 0 Å². The Morgan fingerprint density at radius 1 is 1.00 bits per heavy atom. The Hall–Kier alpha value is -2.10. The minimum atomic E-state index is -0.814. The Balaban J connectivity index is 2.45. The van der Waals surface area contributed by atoms with Crippen molar-refractivity contribution in [2.45, 2.75) is 0 Å². The predicted octanol–water partition coefficient (Wildman–Crippen LogP) is 1.59. The molecule has 0 N–H and O–H groups in total. The average Bonchev–Trinajstić information content (AvgIpc) is 2.23. The molecule has 1 amide bonds. The van der Waals surface area contributed by atoms with Crippen molar-refractivity contribution in [2.75, 3.05) is 0 Å². The summed E-state index contributed by atoms with van der Waals surface area (Å²) in [6, 6.07) is 8.91. The molecule has 1 aromatic carbocycles. The Morgan fingerprint density at radius 3 is 2.43 bits per heavy atom. The van der Waals surface area contributed by atoms with Crippen molar-refractivity contribution in [3.05, 3.63) is 42.1 Å². The molecule has 1 heterocycles. The number of amides is 1.